The third kappa shape index (κ3) is 3.91. The Bertz CT molecular complexity index is 534. The van der Waals surface area contributed by atoms with Crippen LogP contribution in [-0.4, -0.2) is 20.7 Å². The molecule has 5 nitrogen and oxygen atoms in total. The topological polar surface area (TPSA) is 59.8 Å². The molecule has 2 aromatic rings. The van der Waals surface area contributed by atoms with E-state index in [9.17, 15) is 4.79 Å². The van der Waals surface area contributed by atoms with Crippen molar-refractivity contribution in [1.82, 2.24) is 20.1 Å². The van der Waals surface area contributed by atoms with Crippen LogP contribution in [0.5, 0.6) is 0 Å². The van der Waals surface area contributed by atoms with Crippen LogP contribution in [0.3, 0.4) is 0 Å². The number of amides is 1. The Labute approximate surface area is 112 Å². The summed E-state index contributed by atoms with van der Waals surface area (Å²) >= 11 is 0. The average Bonchev–Trinajstić information content (AvgIpc) is 2.90. The van der Waals surface area contributed by atoms with Crippen LogP contribution in [-0.2, 0) is 11.3 Å². The summed E-state index contributed by atoms with van der Waals surface area (Å²) < 4.78 is 1.69. The number of aromatic nitrogens is 3. The van der Waals surface area contributed by atoms with Gasteiger partial charge in [-0.05, 0) is 29.7 Å². The molecule has 100 valence electrons. The van der Waals surface area contributed by atoms with Gasteiger partial charge in [0.2, 0.25) is 5.91 Å². The van der Waals surface area contributed by atoms with Gasteiger partial charge in [0.1, 0.15) is 0 Å². The van der Waals surface area contributed by atoms with E-state index in [0.717, 1.165) is 11.4 Å². The molecule has 0 aromatic carbocycles. The molecule has 0 spiro atoms. The summed E-state index contributed by atoms with van der Waals surface area (Å²) in [6, 6.07) is 5.66. The van der Waals surface area contributed by atoms with E-state index in [1.165, 1.54) is 0 Å². The lowest BCUT2D eigenvalue weighted by molar-refractivity contribution is -0.121. The molecule has 1 N–H and O–H groups in total. The van der Waals surface area contributed by atoms with Gasteiger partial charge in [-0.25, -0.2) is 9.67 Å². The van der Waals surface area contributed by atoms with Crippen molar-refractivity contribution >= 4 is 5.91 Å². The standard InChI is InChI=1S/C14H18N4O/c1-11(2)8-14(19)16-10-12-4-6-15-13(9-12)18-7-3-5-17-18/h3-7,9,11H,8,10H2,1-2H3,(H,16,19). The molecule has 0 aliphatic heterocycles. The van der Waals surface area contributed by atoms with Crippen LogP contribution in [0.1, 0.15) is 25.8 Å². The minimum atomic E-state index is 0.0763. The predicted molar refractivity (Wildman–Crippen MR) is 72.7 cm³/mol. The lowest BCUT2D eigenvalue weighted by Gasteiger charge is -2.08. The maximum atomic E-state index is 11.6. The fourth-order valence-electron chi connectivity index (χ4n) is 1.74. The maximum absolute atomic E-state index is 11.6. The third-order valence-electron chi connectivity index (χ3n) is 2.63. The number of carbonyl (C=O) groups is 1. The molecule has 0 saturated carbocycles. The van der Waals surface area contributed by atoms with Crippen LogP contribution in [0.15, 0.2) is 36.8 Å². The van der Waals surface area contributed by atoms with Crippen molar-refractivity contribution in [2.75, 3.05) is 0 Å². The first-order valence-corrected chi connectivity index (χ1v) is 6.37. The largest absolute Gasteiger partial charge is 0.352 e. The molecular weight excluding hydrogens is 240 g/mol. The molecule has 0 aliphatic rings. The minimum Gasteiger partial charge on any atom is -0.352 e. The van der Waals surface area contributed by atoms with Gasteiger partial charge >= 0.3 is 0 Å². The zero-order chi connectivity index (χ0) is 13.7. The highest BCUT2D eigenvalue weighted by molar-refractivity contribution is 5.76. The van der Waals surface area contributed by atoms with Crippen molar-refractivity contribution in [2.24, 2.45) is 5.92 Å². The summed E-state index contributed by atoms with van der Waals surface area (Å²) in [5, 5.41) is 7.04. The van der Waals surface area contributed by atoms with E-state index >= 15 is 0 Å². The molecule has 1 amide bonds. The highest BCUT2D eigenvalue weighted by Gasteiger charge is 2.05. The quantitative estimate of drug-likeness (QED) is 0.891. The first-order chi connectivity index (χ1) is 9.15. The first-order valence-electron chi connectivity index (χ1n) is 6.37. The molecule has 5 heteroatoms. The Hall–Kier alpha value is -2.17. The Balaban J connectivity index is 1.98. The maximum Gasteiger partial charge on any atom is 0.220 e. The number of rotatable bonds is 5. The van der Waals surface area contributed by atoms with Crippen molar-refractivity contribution in [3.63, 3.8) is 0 Å². The van der Waals surface area contributed by atoms with Crippen LogP contribution in [0, 0.1) is 5.92 Å². The first kappa shape index (κ1) is 13.3. The van der Waals surface area contributed by atoms with Crippen LogP contribution >= 0.6 is 0 Å². The number of hydrogen-bond acceptors (Lipinski definition) is 3. The van der Waals surface area contributed by atoms with Crippen molar-refractivity contribution in [1.29, 1.82) is 0 Å². The molecule has 0 radical (unpaired) electrons. The Morgan fingerprint density at radius 1 is 1.42 bits per heavy atom. The summed E-state index contributed by atoms with van der Waals surface area (Å²) in [6.07, 6.45) is 5.82. The summed E-state index contributed by atoms with van der Waals surface area (Å²) in [5.74, 6) is 1.20. The number of pyridine rings is 1. The second kappa shape index (κ2) is 6.13. The highest BCUT2D eigenvalue weighted by atomic mass is 16.1. The second-order valence-electron chi connectivity index (χ2n) is 4.85. The van der Waals surface area contributed by atoms with E-state index in [-0.39, 0.29) is 5.91 Å². The van der Waals surface area contributed by atoms with E-state index < -0.39 is 0 Å². The number of nitrogens with zero attached hydrogens (tertiary/aromatic N) is 3. The molecule has 19 heavy (non-hydrogen) atoms. The van der Waals surface area contributed by atoms with E-state index in [1.54, 1.807) is 17.1 Å². The fraction of sp³-hybridized carbons (Fsp3) is 0.357. The lowest BCUT2D eigenvalue weighted by Crippen LogP contribution is -2.24. The molecule has 0 atom stereocenters. The number of nitrogens with one attached hydrogen (secondary N) is 1. The SMILES string of the molecule is CC(C)CC(=O)NCc1ccnc(-n2cccn2)c1. The zero-order valence-corrected chi connectivity index (χ0v) is 11.2. The van der Waals surface area contributed by atoms with Gasteiger partial charge in [0.15, 0.2) is 5.82 Å². The Morgan fingerprint density at radius 2 is 2.26 bits per heavy atom. The van der Waals surface area contributed by atoms with Gasteiger partial charge in [-0.2, -0.15) is 5.10 Å². The molecule has 0 bridgehead atoms. The molecule has 0 unspecified atom stereocenters. The lowest BCUT2D eigenvalue weighted by atomic mass is 10.1. The van der Waals surface area contributed by atoms with Crippen LogP contribution in [0.4, 0.5) is 0 Å². The van der Waals surface area contributed by atoms with Crippen molar-refractivity contribution in [3.8, 4) is 5.82 Å². The van der Waals surface area contributed by atoms with Crippen LogP contribution in [0.25, 0.3) is 5.82 Å². The van der Waals surface area contributed by atoms with Gasteiger partial charge in [-0.3, -0.25) is 4.79 Å². The minimum absolute atomic E-state index is 0.0763. The third-order valence-corrected chi connectivity index (χ3v) is 2.63. The zero-order valence-electron chi connectivity index (χ0n) is 11.2. The van der Waals surface area contributed by atoms with E-state index in [1.807, 2.05) is 38.2 Å². The Kier molecular flexibility index (Phi) is 4.28. The molecule has 0 saturated heterocycles. The number of carbonyl (C=O) groups excluding carboxylic acids is 1. The van der Waals surface area contributed by atoms with Crippen molar-refractivity contribution in [2.45, 2.75) is 26.8 Å². The molecule has 0 fully saturated rings. The van der Waals surface area contributed by atoms with Gasteiger partial charge in [0, 0.05) is 31.6 Å². The average molecular weight is 258 g/mol. The van der Waals surface area contributed by atoms with Crippen molar-refractivity contribution in [3.05, 3.63) is 42.4 Å². The van der Waals surface area contributed by atoms with Gasteiger partial charge < -0.3 is 5.32 Å². The monoisotopic (exact) mass is 258 g/mol. The summed E-state index contributed by atoms with van der Waals surface area (Å²) in [5.41, 5.74) is 1.01. The van der Waals surface area contributed by atoms with Gasteiger partial charge in [0.05, 0.1) is 0 Å². The van der Waals surface area contributed by atoms with Gasteiger partial charge in [0.25, 0.3) is 0 Å². The molecule has 2 aromatic heterocycles. The normalized spacial score (nSPS) is 10.7. The summed E-state index contributed by atoms with van der Waals surface area (Å²) in [4.78, 5) is 15.8. The van der Waals surface area contributed by atoms with Gasteiger partial charge in [-0.1, -0.05) is 13.8 Å². The van der Waals surface area contributed by atoms with Gasteiger partial charge in [-0.15, -0.1) is 0 Å². The molecule has 2 rings (SSSR count). The van der Waals surface area contributed by atoms with Crippen molar-refractivity contribution < 1.29 is 4.79 Å². The number of hydrogen-bond donors (Lipinski definition) is 1. The van der Waals surface area contributed by atoms with E-state index in [0.29, 0.717) is 18.9 Å². The molecule has 0 aliphatic carbocycles. The summed E-state index contributed by atoms with van der Waals surface area (Å²) in [7, 11) is 0. The van der Waals surface area contributed by atoms with E-state index in [2.05, 4.69) is 15.4 Å². The smallest absolute Gasteiger partial charge is 0.220 e. The Morgan fingerprint density at radius 3 is 2.95 bits per heavy atom. The predicted octanol–water partition coefficient (Wildman–Crippen LogP) is 1.93. The summed E-state index contributed by atoms with van der Waals surface area (Å²) in [6.45, 7) is 4.58. The van der Waals surface area contributed by atoms with Crippen LogP contribution < -0.4 is 5.32 Å². The second-order valence-corrected chi connectivity index (χ2v) is 4.85. The fourth-order valence-corrected chi connectivity index (χ4v) is 1.74. The highest BCUT2D eigenvalue weighted by Crippen LogP contribution is 2.06. The van der Waals surface area contributed by atoms with E-state index in [4.69, 9.17) is 0 Å². The molecule has 2 heterocycles. The molecular formula is C14H18N4O. The van der Waals surface area contributed by atoms with Crippen LogP contribution in [0.2, 0.25) is 0 Å².